The molecule has 0 saturated heterocycles. The van der Waals surface area contributed by atoms with E-state index >= 15 is 0 Å². The molecule has 2 heterocycles. The quantitative estimate of drug-likeness (QED) is 0.556. The first-order chi connectivity index (χ1) is 12.7. The Bertz CT molecular complexity index is 931. The zero-order chi connectivity index (χ0) is 17.9. The molecule has 0 aliphatic heterocycles. The molecule has 0 atom stereocenters. The number of aromatic nitrogens is 1. The van der Waals surface area contributed by atoms with Gasteiger partial charge in [0.15, 0.2) is 5.13 Å². The zero-order valence-electron chi connectivity index (χ0n) is 14.4. The van der Waals surface area contributed by atoms with E-state index in [2.05, 4.69) is 27.8 Å². The maximum atomic E-state index is 12.2. The smallest absolute Gasteiger partial charge is 0.224 e. The molecule has 6 nitrogen and oxygen atoms in total. The van der Waals surface area contributed by atoms with Crippen molar-refractivity contribution in [3.8, 4) is 0 Å². The van der Waals surface area contributed by atoms with Gasteiger partial charge in [0.25, 0.3) is 0 Å². The summed E-state index contributed by atoms with van der Waals surface area (Å²) in [5.74, 6) is -0.0230. The van der Waals surface area contributed by atoms with Gasteiger partial charge in [-0.05, 0) is 42.5 Å². The van der Waals surface area contributed by atoms with Crippen molar-refractivity contribution in [2.45, 2.75) is 32.3 Å². The summed E-state index contributed by atoms with van der Waals surface area (Å²) in [5, 5.41) is 16.9. The molecule has 0 spiro atoms. The molecule has 3 aromatic rings. The Kier molecular flexibility index (Phi) is 4.90. The summed E-state index contributed by atoms with van der Waals surface area (Å²) in [5.41, 5.74) is 4.57. The van der Waals surface area contributed by atoms with Crippen molar-refractivity contribution in [1.29, 1.82) is 0 Å². The van der Waals surface area contributed by atoms with E-state index in [1.807, 2.05) is 0 Å². The van der Waals surface area contributed by atoms with Gasteiger partial charge in [0, 0.05) is 30.2 Å². The number of aliphatic hydroxyl groups is 1. The number of hydrogen-bond donors (Lipinski definition) is 3. The molecule has 1 aromatic carbocycles. The van der Waals surface area contributed by atoms with Crippen molar-refractivity contribution in [2.24, 2.45) is 0 Å². The van der Waals surface area contributed by atoms with E-state index in [1.165, 1.54) is 28.9 Å². The van der Waals surface area contributed by atoms with E-state index in [0.717, 1.165) is 39.4 Å². The minimum absolute atomic E-state index is 0.00204. The lowest BCUT2D eigenvalue weighted by atomic mass is 10.0. The normalized spacial score (nSPS) is 13.1. The number of carbonyl (C=O) groups is 1. The molecule has 0 radical (unpaired) electrons. The van der Waals surface area contributed by atoms with Crippen LogP contribution in [-0.2, 0) is 30.7 Å². The van der Waals surface area contributed by atoms with E-state index in [0.29, 0.717) is 19.5 Å². The Morgan fingerprint density at radius 3 is 2.92 bits per heavy atom. The Morgan fingerprint density at radius 1 is 1.27 bits per heavy atom. The fourth-order valence-electron chi connectivity index (χ4n) is 3.35. The molecule has 4 rings (SSSR count). The topological polar surface area (TPSA) is 87.4 Å². The number of furan rings is 1. The number of aliphatic hydroxyl groups excluding tert-OH is 1. The van der Waals surface area contributed by atoms with Crippen molar-refractivity contribution >= 4 is 33.3 Å². The summed E-state index contributed by atoms with van der Waals surface area (Å²) >= 11 is 1.41. The number of amides is 1. The molecule has 26 heavy (non-hydrogen) atoms. The van der Waals surface area contributed by atoms with Gasteiger partial charge in [-0.3, -0.25) is 4.79 Å². The van der Waals surface area contributed by atoms with Crippen LogP contribution in [0.4, 0.5) is 5.13 Å². The van der Waals surface area contributed by atoms with Gasteiger partial charge in [-0.2, -0.15) is 0 Å². The molecule has 1 aliphatic carbocycles. The first-order valence-electron chi connectivity index (χ1n) is 8.81. The van der Waals surface area contributed by atoms with E-state index in [1.54, 1.807) is 12.5 Å². The molecule has 0 saturated carbocycles. The molecular formula is C19H21N3O3S. The highest BCUT2D eigenvalue weighted by atomic mass is 32.1. The number of benzene rings is 1. The fraction of sp³-hybridized carbons (Fsp3) is 0.368. The maximum absolute atomic E-state index is 12.2. The molecular weight excluding hydrogens is 350 g/mol. The lowest BCUT2D eigenvalue weighted by Gasteiger charge is -2.06. The number of fused-ring (bicyclic) bond motifs is 2. The van der Waals surface area contributed by atoms with Crippen LogP contribution >= 0.6 is 11.3 Å². The van der Waals surface area contributed by atoms with Gasteiger partial charge < -0.3 is 20.2 Å². The summed E-state index contributed by atoms with van der Waals surface area (Å²) in [6.45, 7) is 1.10. The van der Waals surface area contributed by atoms with Crippen LogP contribution in [0.15, 0.2) is 29.0 Å². The summed E-state index contributed by atoms with van der Waals surface area (Å²) in [4.78, 5) is 17.2. The minimum atomic E-state index is -0.0230. The highest BCUT2D eigenvalue weighted by Crippen LogP contribution is 2.30. The van der Waals surface area contributed by atoms with Crippen molar-refractivity contribution in [2.75, 3.05) is 18.4 Å². The van der Waals surface area contributed by atoms with E-state index in [-0.39, 0.29) is 12.5 Å². The van der Waals surface area contributed by atoms with Crippen LogP contribution in [0.5, 0.6) is 0 Å². The van der Waals surface area contributed by atoms with Gasteiger partial charge in [0.1, 0.15) is 5.58 Å². The molecule has 2 aromatic heterocycles. The van der Waals surface area contributed by atoms with Crippen molar-refractivity contribution in [3.63, 3.8) is 0 Å². The second-order valence-corrected chi connectivity index (χ2v) is 7.59. The molecule has 136 valence electrons. The fourth-order valence-corrected chi connectivity index (χ4v) is 4.05. The predicted octanol–water partition coefficient (Wildman–Crippen LogP) is 2.64. The van der Waals surface area contributed by atoms with Crippen LogP contribution in [0.2, 0.25) is 0 Å². The van der Waals surface area contributed by atoms with Crippen LogP contribution < -0.4 is 10.6 Å². The largest absolute Gasteiger partial charge is 0.464 e. The number of hydrogen-bond acceptors (Lipinski definition) is 6. The van der Waals surface area contributed by atoms with Crippen LogP contribution in [0.1, 0.15) is 28.0 Å². The van der Waals surface area contributed by atoms with E-state index in [4.69, 9.17) is 9.52 Å². The van der Waals surface area contributed by atoms with Gasteiger partial charge in [-0.25, -0.2) is 4.98 Å². The van der Waals surface area contributed by atoms with Gasteiger partial charge in [-0.15, -0.1) is 0 Å². The third kappa shape index (κ3) is 3.59. The number of aryl methyl sites for hydroxylation is 2. The van der Waals surface area contributed by atoms with Gasteiger partial charge >= 0.3 is 0 Å². The third-order valence-corrected chi connectivity index (χ3v) is 5.59. The number of rotatable bonds is 7. The average Bonchev–Trinajstić information content (AvgIpc) is 3.37. The first kappa shape index (κ1) is 17.1. The highest BCUT2D eigenvalue weighted by Gasteiger charge is 2.16. The second-order valence-electron chi connectivity index (χ2n) is 6.47. The molecule has 0 unspecified atom stereocenters. The van der Waals surface area contributed by atoms with E-state index < -0.39 is 0 Å². The van der Waals surface area contributed by atoms with Crippen LogP contribution in [-0.4, -0.2) is 29.1 Å². The van der Waals surface area contributed by atoms with E-state index in [9.17, 15) is 4.79 Å². The minimum Gasteiger partial charge on any atom is -0.464 e. The van der Waals surface area contributed by atoms with Crippen LogP contribution in [0.3, 0.4) is 0 Å². The first-order valence-corrected chi connectivity index (χ1v) is 9.62. The summed E-state index contributed by atoms with van der Waals surface area (Å²) in [7, 11) is 0. The Balaban J connectivity index is 1.30. The SMILES string of the molecule is O=C(Cc1coc2cc3c(cc12)CCC3)NCCNc1ncc(CO)s1. The van der Waals surface area contributed by atoms with Gasteiger partial charge in [0.2, 0.25) is 5.91 Å². The third-order valence-electron chi connectivity index (χ3n) is 4.65. The molecule has 0 fully saturated rings. The highest BCUT2D eigenvalue weighted by molar-refractivity contribution is 7.15. The Hall–Kier alpha value is -2.38. The maximum Gasteiger partial charge on any atom is 0.224 e. The molecule has 7 heteroatoms. The lowest BCUT2D eigenvalue weighted by molar-refractivity contribution is -0.120. The number of thiazole rings is 1. The van der Waals surface area contributed by atoms with Crippen LogP contribution in [0, 0.1) is 0 Å². The second kappa shape index (κ2) is 7.47. The number of nitrogens with zero attached hydrogens (tertiary/aromatic N) is 1. The van der Waals surface area contributed by atoms with Gasteiger partial charge in [0.05, 0.1) is 24.2 Å². The van der Waals surface area contributed by atoms with Crippen molar-refractivity contribution in [3.05, 3.63) is 46.2 Å². The van der Waals surface area contributed by atoms with Crippen molar-refractivity contribution < 1.29 is 14.3 Å². The summed E-state index contributed by atoms with van der Waals surface area (Å²) < 4.78 is 5.65. The molecule has 1 aliphatic rings. The molecule has 0 bridgehead atoms. The number of nitrogens with one attached hydrogen (secondary N) is 2. The lowest BCUT2D eigenvalue weighted by Crippen LogP contribution is -2.29. The van der Waals surface area contributed by atoms with Gasteiger partial charge in [-0.1, -0.05) is 11.3 Å². The van der Waals surface area contributed by atoms with Crippen molar-refractivity contribution in [1.82, 2.24) is 10.3 Å². The monoisotopic (exact) mass is 371 g/mol. The zero-order valence-corrected chi connectivity index (χ0v) is 15.2. The average molecular weight is 371 g/mol. The summed E-state index contributed by atoms with van der Waals surface area (Å²) in [6.07, 6.45) is 7.09. The Labute approximate surface area is 155 Å². The standard InChI is InChI=1S/C19H21N3O3S/c23-10-15-9-22-19(26-15)21-5-4-20-18(24)8-14-11-25-17-7-13-3-1-2-12(13)6-16(14)17/h6-7,9,11,23H,1-5,8,10H2,(H,20,24)(H,21,22). The molecule has 1 amide bonds. The molecule has 3 N–H and O–H groups in total. The Morgan fingerprint density at radius 2 is 2.12 bits per heavy atom. The number of carbonyl (C=O) groups excluding carboxylic acids is 1. The predicted molar refractivity (Wildman–Crippen MR) is 101 cm³/mol. The number of anilines is 1. The van der Waals surface area contributed by atoms with Crippen LogP contribution in [0.25, 0.3) is 11.0 Å². The summed E-state index contributed by atoms with van der Waals surface area (Å²) in [6, 6.07) is 4.31.